The number of nitrogens with zero attached hydrogens (tertiary/aromatic N) is 3. The van der Waals surface area contributed by atoms with Crippen LogP contribution < -0.4 is 14.8 Å². The largest absolute Gasteiger partial charge is 0.493 e. The SMILES string of the molecule is CC[C@@H]1CC(C=O)N(Cc2cccc(NC(=O)c3ccno3)c2)N=C1c1ccc(OC)c(OC2CCCC2)c1. The van der Waals surface area contributed by atoms with Gasteiger partial charge < -0.3 is 24.1 Å². The predicted octanol–water partition coefficient (Wildman–Crippen LogP) is 5.46. The highest BCUT2D eigenvalue weighted by Gasteiger charge is 2.31. The minimum atomic E-state index is -0.380. The highest BCUT2D eigenvalue weighted by Crippen LogP contribution is 2.35. The lowest BCUT2D eigenvalue weighted by atomic mass is 9.87. The number of aromatic nitrogens is 1. The molecule has 1 saturated carbocycles. The number of carbonyl (C=O) groups is 2. The Hall–Kier alpha value is -4.14. The second-order valence-electron chi connectivity index (χ2n) is 10.0. The lowest BCUT2D eigenvalue weighted by molar-refractivity contribution is -0.113. The minimum absolute atomic E-state index is 0.132. The van der Waals surface area contributed by atoms with E-state index in [0.717, 1.165) is 48.1 Å². The number of ether oxygens (including phenoxy) is 2. The molecule has 0 bridgehead atoms. The van der Waals surface area contributed by atoms with E-state index in [4.69, 9.17) is 19.1 Å². The fraction of sp³-hybridized carbons (Fsp3) is 0.400. The summed E-state index contributed by atoms with van der Waals surface area (Å²) in [5.74, 6) is 1.33. The standard InChI is InChI=1S/C30H34N4O5/c1-3-21-16-24(19-35)34(18-20-7-6-8-23(15-20)32-30(36)27-13-14-31-39-27)33-29(21)22-11-12-26(37-2)28(17-22)38-25-9-4-5-10-25/h6-8,11-15,17,19,21,24-25H,3-5,9-10,16,18H2,1-2H3,(H,32,36)/t21-,24?/m1/s1. The molecular formula is C30H34N4O5. The third kappa shape index (κ3) is 6.13. The summed E-state index contributed by atoms with van der Waals surface area (Å²) in [6.45, 7) is 2.54. The molecule has 0 saturated heterocycles. The quantitative estimate of drug-likeness (QED) is 0.347. The lowest BCUT2D eigenvalue weighted by Gasteiger charge is -2.35. The number of hydrogen-bond acceptors (Lipinski definition) is 8. The van der Waals surface area contributed by atoms with Crippen LogP contribution in [0.4, 0.5) is 5.69 Å². The van der Waals surface area contributed by atoms with Crippen molar-refractivity contribution < 1.29 is 23.6 Å². The molecule has 1 unspecified atom stereocenters. The summed E-state index contributed by atoms with van der Waals surface area (Å²) in [5.41, 5.74) is 3.44. The highest BCUT2D eigenvalue weighted by atomic mass is 16.5. The fourth-order valence-electron chi connectivity index (χ4n) is 5.32. The molecule has 3 aromatic rings. The molecule has 1 aliphatic heterocycles. The molecule has 2 aliphatic rings. The smallest absolute Gasteiger partial charge is 0.294 e. The van der Waals surface area contributed by atoms with Crippen molar-refractivity contribution in [3.8, 4) is 11.5 Å². The van der Waals surface area contributed by atoms with Gasteiger partial charge in [-0.25, -0.2) is 0 Å². The molecule has 9 nitrogen and oxygen atoms in total. The first-order valence-corrected chi connectivity index (χ1v) is 13.5. The van der Waals surface area contributed by atoms with Crippen LogP contribution in [0, 0.1) is 5.92 Å². The van der Waals surface area contributed by atoms with Crippen molar-refractivity contribution >= 4 is 23.6 Å². The first-order chi connectivity index (χ1) is 19.1. The Morgan fingerprint density at radius 3 is 2.72 bits per heavy atom. The summed E-state index contributed by atoms with van der Waals surface area (Å²) in [6, 6.07) is 14.6. The molecule has 1 aliphatic carbocycles. The van der Waals surface area contributed by atoms with Crippen LogP contribution in [0.3, 0.4) is 0 Å². The van der Waals surface area contributed by atoms with E-state index in [1.807, 2.05) is 41.4 Å². The maximum absolute atomic E-state index is 12.4. The fourth-order valence-corrected chi connectivity index (χ4v) is 5.32. The first-order valence-electron chi connectivity index (χ1n) is 13.5. The molecule has 1 aromatic heterocycles. The van der Waals surface area contributed by atoms with Crippen LogP contribution in [0.5, 0.6) is 11.5 Å². The van der Waals surface area contributed by atoms with E-state index in [1.165, 1.54) is 25.1 Å². The molecule has 1 N–H and O–H groups in total. The van der Waals surface area contributed by atoms with Crippen molar-refractivity contribution in [3.63, 3.8) is 0 Å². The third-order valence-electron chi connectivity index (χ3n) is 7.43. The summed E-state index contributed by atoms with van der Waals surface area (Å²) in [6.07, 6.45) is 8.62. The molecule has 0 radical (unpaired) electrons. The maximum Gasteiger partial charge on any atom is 0.294 e. The molecule has 2 aromatic carbocycles. The van der Waals surface area contributed by atoms with Gasteiger partial charge >= 0.3 is 0 Å². The average molecular weight is 531 g/mol. The van der Waals surface area contributed by atoms with Gasteiger partial charge in [-0.3, -0.25) is 9.80 Å². The normalized spacial score (nSPS) is 19.4. The summed E-state index contributed by atoms with van der Waals surface area (Å²) in [5, 5.41) is 13.3. The van der Waals surface area contributed by atoms with Crippen LogP contribution in [0.25, 0.3) is 0 Å². The van der Waals surface area contributed by atoms with Crippen LogP contribution >= 0.6 is 0 Å². The molecule has 9 heteroatoms. The number of amides is 1. The molecular weight excluding hydrogens is 496 g/mol. The Kier molecular flexibility index (Phi) is 8.24. The zero-order valence-corrected chi connectivity index (χ0v) is 22.3. The molecule has 1 amide bonds. The first kappa shape index (κ1) is 26.5. The van der Waals surface area contributed by atoms with Gasteiger partial charge in [0.2, 0.25) is 5.76 Å². The number of nitrogens with one attached hydrogen (secondary N) is 1. The third-order valence-corrected chi connectivity index (χ3v) is 7.43. The summed E-state index contributed by atoms with van der Waals surface area (Å²) < 4.78 is 16.9. The average Bonchev–Trinajstić information content (AvgIpc) is 3.68. The minimum Gasteiger partial charge on any atom is -0.493 e. The van der Waals surface area contributed by atoms with E-state index in [2.05, 4.69) is 17.4 Å². The Labute approximate surface area is 228 Å². The van der Waals surface area contributed by atoms with Crippen LogP contribution in [-0.2, 0) is 11.3 Å². The predicted molar refractivity (Wildman–Crippen MR) is 147 cm³/mol. The van der Waals surface area contributed by atoms with Gasteiger partial charge in [0.15, 0.2) is 11.5 Å². The molecule has 204 valence electrons. The maximum atomic E-state index is 12.4. The Morgan fingerprint density at radius 2 is 2.00 bits per heavy atom. The molecule has 2 heterocycles. The summed E-state index contributed by atoms with van der Waals surface area (Å²) >= 11 is 0. The van der Waals surface area contributed by atoms with Gasteiger partial charge in [0.1, 0.15) is 12.3 Å². The number of anilines is 1. The number of carbonyl (C=O) groups excluding carboxylic acids is 2. The van der Waals surface area contributed by atoms with Crippen molar-refractivity contribution in [1.82, 2.24) is 10.2 Å². The summed E-state index contributed by atoms with van der Waals surface area (Å²) in [7, 11) is 1.65. The van der Waals surface area contributed by atoms with Crippen molar-refractivity contribution in [2.75, 3.05) is 12.4 Å². The van der Waals surface area contributed by atoms with Crippen molar-refractivity contribution in [3.05, 3.63) is 71.6 Å². The van der Waals surface area contributed by atoms with Gasteiger partial charge in [-0.1, -0.05) is 24.2 Å². The topological polar surface area (TPSA) is 106 Å². The van der Waals surface area contributed by atoms with Gasteiger partial charge in [0.05, 0.1) is 31.7 Å². The van der Waals surface area contributed by atoms with Crippen LogP contribution in [0.15, 0.2) is 64.4 Å². The van der Waals surface area contributed by atoms with Crippen LogP contribution in [0.2, 0.25) is 0 Å². The van der Waals surface area contributed by atoms with Gasteiger partial charge in [-0.2, -0.15) is 5.10 Å². The monoisotopic (exact) mass is 530 g/mol. The van der Waals surface area contributed by atoms with Gasteiger partial charge in [-0.05, 0) is 74.4 Å². The van der Waals surface area contributed by atoms with Crippen LogP contribution in [-0.4, -0.2) is 47.3 Å². The Bertz CT molecular complexity index is 1320. The molecule has 0 spiro atoms. The van der Waals surface area contributed by atoms with Gasteiger partial charge in [0.25, 0.3) is 5.91 Å². The van der Waals surface area contributed by atoms with E-state index < -0.39 is 0 Å². The zero-order valence-electron chi connectivity index (χ0n) is 22.3. The van der Waals surface area contributed by atoms with Gasteiger partial charge in [-0.15, -0.1) is 0 Å². The van der Waals surface area contributed by atoms with E-state index in [0.29, 0.717) is 24.4 Å². The Balaban J connectivity index is 1.40. The molecule has 39 heavy (non-hydrogen) atoms. The highest BCUT2D eigenvalue weighted by molar-refractivity contribution is 6.03. The number of rotatable bonds is 10. The second kappa shape index (κ2) is 12.1. The van der Waals surface area contributed by atoms with E-state index in [9.17, 15) is 9.59 Å². The van der Waals surface area contributed by atoms with Crippen molar-refractivity contribution in [2.45, 2.75) is 64.1 Å². The molecule has 5 rings (SSSR count). The second-order valence-corrected chi connectivity index (χ2v) is 10.0. The lowest BCUT2D eigenvalue weighted by Crippen LogP contribution is -2.41. The van der Waals surface area contributed by atoms with Crippen LogP contribution in [0.1, 0.15) is 67.1 Å². The van der Waals surface area contributed by atoms with E-state index >= 15 is 0 Å². The zero-order chi connectivity index (χ0) is 27.2. The van der Waals surface area contributed by atoms with Crippen molar-refractivity contribution in [2.24, 2.45) is 11.0 Å². The number of benzene rings is 2. The van der Waals surface area contributed by atoms with E-state index in [1.54, 1.807) is 13.2 Å². The Morgan fingerprint density at radius 1 is 1.15 bits per heavy atom. The number of hydrazone groups is 1. The number of hydrogen-bond donors (Lipinski definition) is 1. The number of methoxy groups -OCH3 is 1. The summed E-state index contributed by atoms with van der Waals surface area (Å²) in [4.78, 5) is 24.5. The van der Waals surface area contributed by atoms with Gasteiger partial charge in [0, 0.05) is 23.2 Å². The number of aldehydes is 1. The van der Waals surface area contributed by atoms with E-state index in [-0.39, 0.29) is 29.7 Å². The van der Waals surface area contributed by atoms with Crippen molar-refractivity contribution in [1.29, 1.82) is 0 Å². The molecule has 2 atom stereocenters. The molecule has 1 fully saturated rings.